The molecule has 3 aromatic heterocycles. The van der Waals surface area contributed by atoms with Crippen LogP contribution < -0.4 is 5.32 Å². The lowest BCUT2D eigenvalue weighted by molar-refractivity contribution is -0.192. The van der Waals surface area contributed by atoms with Crippen LogP contribution in [0.2, 0.25) is 0 Å². The summed E-state index contributed by atoms with van der Waals surface area (Å²) in [7, 11) is 0. The molecule has 0 fully saturated rings. The SMILES string of the molecule is Cc1nn(-c2ccccc2)cc1CNCc1cnn2ccccc12.O=C(O)C(F)(F)F. The summed E-state index contributed by atoms with van der Waals surface area (Å²) in [5.41, 5.74) is 5.67. The van der Waals surface area contributed by atoms with Crippen molar-refractivity contribution >= 4 is 11.5 Å². The Bertz CT molecular complexity index is 1150. The number of nitrogens with zero attached hydrogens (tertiary/aromatic N) is 4. The molecule has 0 spiro atoms. The van der Waals surface area contributed by atoms with Gasteiger partial charge in [0.15, 0.2) is 0 Å². The molecule has 0 amide bonds. The van der Waals surface area contributed by atoms with Crippen molar-refractivity contribution < 1.29 is 23.1 Å². The predicted molar refractivity (Wildman–Crippen MR) is 108 cm³/mol. The molecule has 0 aliphatic rings. The maximum Gasteiger partial charge on any atom is 0.490 e. The molecule has 0 aliphatic heterocycles. The normalized spacial score (nSPS) is 11.2. The zero-order valence-electron chi connectivity index (χ0n) is 16.5. The van der Waals surface area contributed by atoms with Crippen molar-refractivity contribution in [3.63, 3.8) is 0 Å². The van der Waals surface area contributed by atoms with Gasteiger partial charge in [-0.25, -0.2) is 14.0 Å². The molecule has 0 radical (unpaired) electrons. The summed E-state index contributed by atoms with van der Waals surface area (Å²) < 4.78 is 35.6. The number of halogens is 3. The van der Waals surface area contributed by atoms with Gasteiger partial charge in [0.25, 0.3) is 0 Å². The van der Waals surface area contributed by atoms with E-state index in [-0.39, 0.29) is 0 Å². The van der Waals surface area contributed by atoms with Crippen LogP contribution in [0.4, 0.5) is 13.2 Å². The number of benzene rings is 1. The number of carboxylic acid groups (broad SMARTS) is 1. The van der Waals surface area contributed by atoms with Crippen molar-refractivity contribution in [2.24, 2.45) is 0 Å². The van der Waals surface area contributed by atoms with Crippen LogP contribution in [0.1, 0.15) is 16.8 Å². The second-order valence-electron chi connectivity index (χ2n) is 6.63. The first kappa shape index (κ1) is 22.0. The Morgan fingerprint density at radius 1 is 1.06 bits per heavy atom. The highest BCUT2D eigenvalue weighted by molar-refractivity contribution is 5.73. The summed E-state index contributed by atoms with van der Waals surface area (Å²) in [6, 6.07) is 16.3. The van der Waals surface area contributed by atoms with Crippen molar-refractivity contribution in [1.29, 1.82) is 0 Å². The van der Waals surface area contributed by atoms with E-state index in [4.69, 9.17) is 9.90 Å². The smallest absolute Gasteiger partial charge is 0.475 e. The largest absolute Gasteiger partial charge is 0.490 e. The number of alkyl halides is 3. The van der Waals surface area contributed by atoms with Crippen LogP contribution in [0.15, 0.2) is 67.1 Å². The zero-order valence-corrected chi connectivity index (χ0v) is 16.5. The molecule has 0 atom stereocenters. The summed E-state index contributed by atoms with van der Waals surface area (Å²) in [4.78, 5) is 8.90. The van der Waals surface area contributed by atoms with Gasteiger partial charge >= 0.3 is 12.1 Å². The Balaban J connectivity index is 0.000000339. The van der Waals surface area contributed by atoms with Gasteiger partial charge in [-0.1, -0.05) is 24.3 Å². The summed E-state index contributed by atoms with van der Waals surface area (Å²) >= 11 is 0. The average Bonchev–Trinajstić information content (AvgIpc) is 3.32. The Morgan fingerprint density at radius 3 is 2.39 bits per heavy atom. The Hall–Kier alpha value is -3.66. The molecular formula is C21H20F3N5O2. The minimum atomic E-state index is -5.08. The molecule has 7 nitrogen and oxygen atoms in total. The first-order valence-electron chi connectivity index (χ1n) is 9.28. The highest BCUT2D eigenvalue weighted by Crippen LogP contribution is 2.14. The standard InChI is InChI=1S/C19H19N5.C2HF3O2/c1-15-17(14-24(22-15)18-7-3-2-4-8-18)12-20-11-16-13-21-23-10-6-5-9-19(16)23;3-2(4,5)1(6)7/h2-10,13-14,20H,11-12H2,1H3;(H,6,7). The van der Waals surface area contributed by atoms with Crippen molar-refractivity contribution in [2.75, 3.05) is 0 Å². The first-order valence-corrected chi connectivity index (χ1v) is 9.28. The van der Waals surface area contributed by atoms with Crippen molar-refractivity contribution in [2.45, 2.75) is 26.2 Å². The Labute approximate surface area is 175 Å². The van der Waals surface area contributed by atoms with Crippen LogP contribution in [-0.4, -0.2) is 36.6 Å². The molecule has 1 aromatic carbocycles. The fourth-order valence-corrected chi connectivity index (χ4v) is 2.84. The van der Waals surface area contributed by atoms with Gasteiger partial charge in [0, 0.05) is 36.6 Å². The number of carbonyl (C=O) groups is 1. The van der Waals surface area contributed by atoms with E-state index in [9.17, 15) is 13.2 Å². The lowest BCUT2D eigenvalue weighted by atomic mass is 10.2. The molecule has 31 heavy (non-hydrogen) atoms. The van der Waals surface area contributed by atoms with Crippen molar-refractivity contribution in [1.82, 2.24) is 24.7 Å². The summed E-state index contributed by atoms with van der Waals surface area (Å²) in [6.07, 6.45) is 0.892. The van der Waals surface area contributed by atoms with Gasteiger partial charge in [-0.2, -0.15) is 23.4 Å². The highest BCUT2D eigenvalue weighted by Gasteiger charge is 2.38. The molecule has 0 bridgehead atoms. The predicted octanol–water partition coefficient (Wildman–Crippen LogP) is 3.75. The number of rotatable bonds is 5. The van der Waals surface area contributed by atoms with E-state index in [0.717, 1.165) is 30.0 Å². The third kappa shape index (κ3) is 5.70. The van der Waals surface area contributed by atoms with Gasteiger partial charge in [0.2, 0.25) is 0 Å². The molecular weight excluding hydrogens is 411 g/mol. The molecule has 4 aromatic rings. The third-order valence-electron chi connectivity index (χ3n) is 4.40. The van der Waals surface area contributed by atoms with Gasteiger partial charge in [-0.3, -0.25) is 0 Å². The van der Waals surface area contributed by atoms with E-state index in [1.807, 2.05) is 58.8 Å². The van der Waals surface area contributed by atoms with Gasteiger partial charge in [0.1, 0.15) is 0 Å². The molecule has 162 valence electrons. The van der Waals surface area contributed by atoms with Crippen molar-refractivity contribution in [3.8, 4) is 5.69 Å². The van der Waals surface area contributed by atoms with E-state index in [0.29, 0.717) is 0 Å². The second-order valence-corrected chi connectivity index (χ2v) is 6.63. The highest BCUT2D eigenvalue weighted by atomic mass is 19.4. The lowest BCUT2D eigenvalue weighted by Crippen LogP contribution is -2.21. The topological polar surface area (TPSA) is 84.5 Å². The van der Waals surface area contributed by atoms with E-state index in [1.165, 1.54) is 11.1 Å². The molecule has 0 saturated carbocycles. The molecule has 0 saturated heterocycles. The monoisotopic (exact) mass is 431 g/mol. The third-order valence-corrected chi connectivity index (χ3v) is 4.40. The molecule has 2 N–H and O–H groups in total. The number of hydrogen-bond donors (Lipinski definition) is 2. The maximum atomic E-state index is 10.6. The summed E-state index contributed by atoms with van der Waals surface area (Å²) in [6.45, 7) is 3.61. The zero-order chi connectivity index (χ0) is 22.4. The number of hydrogen-bond acceptors (Lipinski definition) is 4. The first-order chi connectivity index (χ1) is 14.8. The maximum absolute atomic E-state index is 10.6. The number of aryl methyl sites for hydroxylation is 1. The van der Waals surface area contributed by atoms with Crippen molar-refractivity contribution in [3.05, 3.63) is 83.9 Å². The van der Waals surface area contributed by atoms with Crippen LogP contribution in [0.3, 0.4) is 0 Å². The number of para-hydroxylation sites is 1. The minimum Gasteiger partial charge on any atom is -0.475 e. The van der Waals surface area contributed by atoms with Gasteiger partial charge in [-0.05, 0) is 31.2 Å². The second kappa shape index (κ2) is 9.43. The van der Waals surface area contributed by atoms with Crippen LogP contribution >= 0.6 is 0 Å². The number of pyridine rings is 1. The molecule has 10 heteroatoms. The van der Waals surface area contributed by atoms with Crippen LogP contribution in [-0.2, 0) is 17.9 Å². The minimum absolute atomic E-state index is 0.781. The van der Waals surface area contributed by atoms with E-state index < -0.39 is 12.1 Å². The van der Waals surface area contributed by atoms with Gasteiger partial charge in [0.05, 0.1) is 23.1 Å². The number of carboxylic acids is 1. The fourth-order valence-electron chi connectivity index (χ4n) is 2.84. The Kier molecular flexibility index (Phi) is 6.71. The number of aliphatic carboxylic acids is 1. The molecule has 4 rings (SSSR count). The van der Waals surface area contributed by atoms with E-state index in [1.54, 1.807) is 0 Å². The lowest BCUT2D eigenvalue weighted by Gasteiger charge is -2.03. The van der Waals surface area contributed by atoms with E-state index in [2.05, 4.69) is 39.9 Å². The quantitative estimate of drug-likeness (QED) is 0.503. The Morgan fingerprint density at radius 2 is 1.71 bits per heavy atom. The van der Waals surface area contributed by atoms with E-state index >= 15 is 0 Å². The summed E-state index contributed by atoms with van der Waals surface area (Å²) in [5.74, 6) is -2.76. The van der Waals surface area contributed by atoms with Gasteiger partial charge < -0.3 is 10.4 Å². The van der Waals surface area contributed by atoms with Crippen LogP contribution in [0.5, 0.6) is 0 Å². The fraction of sp³-hybridized carbons (Fsp3) is 0.190. The molecule has 3 heterocycles. The van der Waals surface area contributed by atoms with Crippen LogP contribution in [0, 0.1) is 6.92 Å². The number of aromatic nitrogens is 4. The molecule has 0 aliphatic carbocycles. The molecule has 0 unspecified atom stereocenters. The number of fused-ring (bicyclic) bond motifs is 1. The average molecular weight is 431 g/mol. The van der Waals surface area contributed by atoms with Crippen LogP contribution in [0.25, 0.3) is 11.2 Å². The van der Waals surface area contributed by atoms with Gasteiger partial charge in [-0.15, -0.1) is 0 Å². The number of nitrogens with one attached hydrogen (secondary N) is 1. The summed E-state index contributed by atoms with van der Waals surface area (Å²) in [5, 5.41) is 19.6.